The first-order valence-corrected chi connectivity index (χ1v) is 7.57. The molecule has 5 nitrogen and oxygen atoms in total. The van der Waals surface area contributed by atoms with Crippen LogP contribution in [0.15, 0.2) is 18.5 Å². The standard InChI is InChI=1S/C16H28N2O3/c1-14(2)11-18-13-15-12-17-6-5-16(15)21-10-9-20-8-4-7-19-3/h5-6,12,14,18H,4,7-11,13H2,1-3H3. The molecule has 0 spiro atoms. The summed E-state index contributed by atoms with van der Waals surface area (Å²) in [5.41, 5.74) is 1.08. The average Bonchev–Trinajstić information content (AvgIpc) is 2.47. The monoisotopic (exact) mass is 296 g/mol. The molecule has 0 aliphatic rings. The Balaban J connectivity index is 2.24. The summed E-state index contributed by atoms with van der Waals surface area (Å²) < 4.78 is 16.2. The van der Waals surface area contributed by atoms with Crippen LogP contribution in [0.25, 0.3) is 0 Å². The summed E-state index contributed by atoms with van der Waals surface area (Å²) in [5, 5.41) is 3.40. The van der Waals surface area contributed by atoms with Crippen molar-refractivity contribution < 1.29 is 14.2 Å². The van der Waals surface area contributed by atoms with Gasteiger partial charge in [-0.15, -0.1) is 0 Å². The fourth-order valence-corrected chi connectivity index (χ4v) is 1.80. The minimum Gasteiger partial charge on any atom is -0.491 e. The summed E-state index contributed by atoms with van der Waals surface area (Å²) in [7, 11) is 1.70. The van der Waals surface area contributed by atoms with E-state index in [9.17, 15) is 0 Å². The van der Waals surface area contributed by atoms with E-state index < -0.39 is 0 Å². The normalized spacial score (nSPS) is 11.0. The molecule has 0 aliphatic carbocycles. The molecule has 0 aromatic carbocycles. The molecule has 5 heteroatoms. The van der Waals surface area contributed by atoms with E-state index in [2.05, 4.69) is 24.1 Å². The lowest BCUT2D eigenvalue weighted by atomic mass is 10.2. The highest BCUT2D eigenvalue weighted by Crippen LogP contribution is 2.16. The third-order valence-electron chi connectivity index (χ3n) is 2.85. The van der Waals surface area contributed by atoms with Crippen molar-refractivity contribution >= 4 is 0 Å². The van der Waals surface area contributed by atoms with Crippen molar-refractivity contribution in [3.8, 4) is 5.75 Å². The van der Waals surface area contributed by atoms with Gasteiger partial charge in [0.2, 0.25) is 0 Å². The summed E-state index contributed by atoms with van der Waals surface area (Å²) in [4.78, 5) is 4.16. The summed E-state index contributed by atoms with van der Waals surface area (Å²) in [6, 6.07) is 1.90. The van der Waals surface area contributed by atoms with E-state index in [0.717, 1.165) is 37.4 Å². The molecule has 21 heavy (non-hydrogen) atoms. The second kappa shape index (κ2) is 11.5. The Morgan fingerprint density at radius 1 is 1.19 bits per heavy atom. The van der Waals surface area contributed by atoms with E-state index in [1.807, 2.05) is 12.3 Å². The highest BCUT2D eigenvalue weighted by atomic mass is 16.5. The van der Waals surface area contributed by atoms with E-state index in [1.165, 1.54) is 0 Å². The van der Waals surface area contributed by atoms with E-state index >= 15 is 0 Å². The van der Waals surface area contributed by atoms with Crippen molar-refractivity contribution in [3.05, 3.63) is 24.0 Å². The van der Waals surface area contributed by atoms with Crippen LogP contribution < -0.4 is 10.1 Å². The van der Waals surface area contributed by atoms with Crippen molar-refractivity contribution in [2.45, 2.75) is 26.8 Å². The van der Waals surface area contributed by atoms with Crippen LogP contribution in [0.3, 0.4) is 0 Å². The van der Waals surface area contributed by atoms with E-state index in [1.54, 1.807) is 13.3 Å². The fraction of sp³-hybridized carbons (Fsp3) is 0.688. The van der Waals surface area contributed by atoms with Gasteiger partial charge in [0.15, 0.2) is 0 Å². The molecule has 1 aromatic heterocycles. The third-order valence-corrected chi connectivity index (χ3v) is 2.85. The van der Waals surface area contributed by atoms with Gasteiger partial charge in [-0.25, -0.2) is 0 Å². The molecule has 0 amide bonds. The van der Waals surface area contributed by atoms with Gasteiger partial charge >= 0.3 is 0 Å². The molecule has 1 N–H and O–H groups in total. The number of ether oxygens (including phenoxy) is 3. The van der Waals surface area contributed by atoms with E-state index in [0.29, 0.717) is 25.7 Å². The van der Waals surface area contributed by atoms with Gasteiger partial charge in [0.1, 0.15) is 12.4 Å². The van der Waals surface area contributed by atoms with Crippen molar-refractivity contribution in [1.29, 1.82) is 0 Å². The van der Waals surface area contributed by atoms with E-state index in [4.69, 9.17) is 14.2 Å². The second-order valence-corrected chi connectivity index (χ2v) is 5.32. The van der Waals surface area contributed by atoms with Gasteiger partial charge in [-0.3, -0.25) is 4.98 Å². The quantitative estimate of drug-likeness (QED) is 0.600. The lowest BCUT2D eigenvalue weighted by Gasteiger charge is -2.12. The predicted molar refractivity (Wildman–Crippen MR) is 83.6 cm³/mol. The van der Waals surface area contributed by atoms with Crippen LogP contribution in [-0.2, 0) is 16.0 Å². The molecule has 1 heterocycles. The summed E-state index contributed by atoms with van der Waals surface area (Å²) in [5.74, 6) is 1.51. The molecule has 0 saturated carbocycles. The Morgan fingerprint density at radius 2 is 2.05 bits per heavy atom. The molecule has 1 aromatic rings. The number of hydrogen-bond donors (Lipinski definition) is 1. The molecule has 0 unspecified atom stereocenters. The van der Waals surface area contributed by atoms with Crippen LogP contribution in [-0.4, -0.2) is 45.1 Å². The number of methoxy groups -OCH3 is 1. The lowest BCUT2D eigenvalue weighted by Crippen LogP contribution is -2.20. The first kappa shape index (κ1) is 17.9. The van der Waals surface area contributed by atoms with Crippen LogP contribution in [0.2, 0.25) is 0 Å². The minimum atomic E-state index is 0.550. The number of nitrogens with zero attached hydrogens (tertiary/aromatic N) is 1. The van der Waals surface area contributed by atoms with Crippen molar-refractivity contribution in [3.63, 3.8) is 0 Å². The molecule has 0 radical (unpaired) electrons. The maximum atomic E-state index is 5.76. The molecular weight excluding hydrogens is 268 g/mol. The number of pyridine rings is 1. The van der Waals surface area contributed by atoms with Gasteiger partial charge in [0, 0.05) is 44.8 Å². The zero-order valence-corrected chi connectivity index (χ0v) is 13.4. The summed E-state index contributed by atoms with van der Waals surface area (Å²) in [6.07, 6.45) is 4.51. The van der Waals surface area contributed by atoms with Crippen LogP contribution in [0.4, 0.5) is 0 Å². The molecule has 0 bridgehead atoms. The SMILES string of the molecule is COCCCOCCOc1ccncc1CNCC(C)C. The van der Waals surface area contributed by atoms with Gasteiger partial charge in [0.05, 0.1) is 6.61 Å². The van der Waals surface area contributed by atoms with Crippen LogP contribution in [0, 0.1) is 5.92 Å². The smallest absolute Gasteiger partial charge is 0.126 e. The number of rotatable bonds is 12. The number of hydrogen-bond acceptors (Lipinski definition) is 5. The predicted octanol–water partition coefficient (Wildman–Crippen LogP) is 2.26. The topological polar surface area (TPSA) is 52.6 Å². The first-order chi connectivity index (χ1) is 10.2. The fourth-order valence-electron chi connectivity index (χ4n) is 1.80. The van der Waals surface area contributed by atoms with Crippen molar-refractivity contribution in [2.75, 3.05) is 40.1 Å². The van der Waals surface area contributed by atoms with Gasteiger partial charge in [-0.2, -0.15) is 0 Å². The second-order valence-electron chi connectivity index (χ2n) is 5.32. The molecular formula is C16H28N2O3. The molecule has 0 atom stereocenters. The molecule has 0 aliphatic heterocycles. The van der Waals surface area contributed by atoms with Gasteiger partial charge in [0.25, 0.3) is 0 Å². The number of nitrogens with one attached hydrogen (secondary N) is 1. The minimum absolute atomic E-state index is 0.550. The largest absolute Gasteiger partial charge is 0.491 e. The summed E-state index contributed by atoms with van der Waals surface area (Å²) >= 11 is 0. The van der Waals surface area contributed by atoms with Gasteiger partial charge in [-0.05, 0) is 24.9 Å². The van der Waals surface area contributed by atoms with Gasteiger partial charge in [-0.1, -0.05) is 13.8 Å². The molecule has 1 rings (SSSR count). The summed E-state index contributed by atoms with van der Waals surface area (Å²) in [6.45, 7) is 8.71. The van der Waals surface area contributed by atoms with Crippen LogP contribution >= 0.6 is 0 Å². The van der Waals surface area contributed by atoms with Crippen molar-refractivity contribution in [2.24, 2.45) is 5.92 Å². The highest BCUT2D eigenvalue weighted by Gasteiger charge is 2.04. The Labute approximate surface area is 128 Å². The molecule has 120 valence electrons. The molecule has 0 fully saturated rings. The Kier molecular flexibility index (Phi) is 9.78. The Hall–Kier alpha value is -1.17. The lowest BCUT2D eigenvalue weighted by molar-refractivity contribution is 0.0804. The van der Waals surface area contributed by atoms with E-state index in [-0.39, 0.29) is 0 Å². The Bertz CT molecular complexity index is 372. The number of aromatic nitrogens is 1. The van der Waals surface area contributed by atoms with Gasteiger partial charge < -0.3 is 19.5 Å². The molecule has 0 saturated heterocycles. The van der Waals surface area contributed by atoms with Crippen LogP contribution in [0.5, 0.6) is 5.75 Å². The van der Waals surface area contributed by atoms with Crippen LogP contribution in [0.1, 0.15) is 25.8 Å². The zero-order chi connectivity index (χ0) is 15.3. The zero-order valence-electron chi connectivity index (χ0n) is 13.4. The maximum Gasteiger partial charge on any atom is 0.126 e. The maximum absolute atomic E-state index is 5.76. The highest BCUT2D eigenvalue weighted by molar-refractivity contribution is 5.29. The first-order valence-electron chi connectivity index (χ1n) is 7.57. The van der Waals surface area contributed by atoms with Crippen molar-refractivity contribution in [1.82, 2.24) is 10.3 Å². The average molecular weight is 296 g/mol. The Morgan fingerprint density at radius 3 is 2.81 bits per heavy atom. The third kappa shape index (κ3) is 8.65.